The molecule has 1 aliphatic rings. The summed E-state index contributed by atoms with van der Waals surface area (Å²) in [5.74, 6) is -1.87. The summed E-state index contributed by atoms with van der Waals surface area (Å²) in [4.78, 5) is 22.8. The number of amides is 1. The predicted molar refractivity (Wildman–Crippen MR) is 63.0 cm³/mol. The van der Waals surface area contributed by atoms with Crippen LogP contribution in [0.2, 0.25) is 0 Å². The van der Waals surface area contributed by atoms with Gasteiger partial charge in [-0.1, -0.05) is 13.8 Å². The van der Waals surface area contributed by atoms with Crippen molar-refractivity contribution in [2.45, 2.75) is 57.8 Å². The van der Waals surface area contributed by atoms with Crippen molar-refractivity contribution in [1.29, 1.82) is 0 Å². The van der Waals surface area contributed by atoms with Crippen LogP contribution in [-0.2, 0) is 9.53 Å². The maximum Gasteiger partial charge on any atom is 0.408 e. The molecule has 0 spiro atoms. The predicted octanol–water partition coefficient (Wildman–Crippen LogP) is 2.10. The van der Waals surface area contributed by atoms with Crippen LogP contribution in [0, 0.1) is 5.92 Å². The van der Waals surface area contributed by atoms with Gasteiger partial charge in [0.1, 0.15) is 11.3 Å². The fraction of sp³-hybridized carbons (Fsp3) is 0.833. The molecule has 0 unspecified atom stereocenters. The Bertz CT molecular complexity index is 377. The van der Waals surface area contributed by atoms with Gasteiger partial charge in [0.2, 0.25) is 0 Å². The standard InChI is InChI=1S/C12H20FNO4/c1-7(2)11(13)6-12(11,8(15)16)14-9(17)18-10(3,4)5/h7H,6H2,1-5H3,(H,14,17)(H,15,16)/t11-,12+/m1/s1. The van der Waals surface area contributed by atoms with Gasteiger partial charge in [-0.05, 0) is 26.7 Å². The highest BCUT2D eigenvalue weighted by Crippen LogP contribution is 2.56. The molecule has 6 heteroatoms. The number of carbonyl (C=O) groups is 2. The van der Waals surface area contributed by atoms with E-state index in [9.17, 15) is 14.0 Å². The molecule has 0 aliphatic heterocycles. The summed E-state index contributed by atoms with van der Waals surface area (Å²) in [7, 11) is 0. The second-order valence-corrected chi connectivity index (χ2v) is 6.03. The Hall–Kier alpha value is -1.33. The number of hydrogen-bond donors (Lipinski definition) is 2. The van der Waals surface area contributed by atoms with Gasteiger partial charge >= 0.3 is 12.1 Å². The number of carbonyl (C=O) groups excluding carboxylic acids is 1. The van der Waals surface area contributed by atoms with Crippen molar-refractivity contribution < 1.29 is 23.8 Å². The third kappa shape index (κ3) is 2.42. The van der Waals surface area contributed by atoms with Crippen LogP contribution < -0.4 is 5.32 Å². The topological polar surface area (TPSA) is 75.6 Å². The van der Waals surface area contributed by atoms with Gasteiger partial charge in [-0.15, -0.1) is 0 Å². The number of hydrogen-bond acceptors (Lipinski definition) is 3. The lowest BCUT2D eigenvalue weighted by Gasteiger charge is -2.24. The molecule has 0 aromatic heterocycles. The van der Waals surface area contributed by atoms with E-state index in [2.05, 4.69) is 5.32 Å². The molecule has 0 aromatic rings. The molecule has 104 valence electrons. The van der Waals surface area contributed by atoms with Gasteiger partial charge in [-0.2, -0.15) is 0 Å². The quantitative estimate of drug-likeness (QED) is 0.815. The highest BCUT2D eigenvalue weighted by molar-refractivity contribution is 5.90. The molecule has 1 rings (SSSR count). The number of alkyl carbamates (subject to hydrolysis) is 1. The third-order valence-corrected chi connectivity index (χ3v) is 3.10. The average molecular weight is 261 g/mol. The van der Waals surface area contributed by atoms with E-state index in [0.29, 0.717) is 0 Å². The number of halogens is 1. The molecule has 0 aromatic carbocycles. The summed E-state index contributed by atoms with van der Waals surface area (Å²) in [6.07, 6.45) is -1.14. The Kier molecular flexibility index (Phi) is 3.36. The molecule has 0 radical (unpaired) electrons. The fourth-order valence-electron chi connectivity index (χ4n) is 1.97. The average Bonchev–Trinajstić information content (AvgIpc) is 2.70. The minimum Gasteiger partial charge on any atom is -0.479 e. The van der Waals surface area contributed by atoms with Crippen molar-refractivity contribution in [1.82, 2.24) is 5.32 Å². The summed E-state index contributed by atoms with van der Waals surface area (Å²) in [5.41, 5.74) is -4.53. The van der Waals surface area contributed by atoms with Crippen molar-refractivity contribution in [3.63, 3.8) is 0 Å². The zero-order valence-electron chi connectivity index (χ0n) is 11.3. The molecular weight excluding hydrogens is 241 g/mol. The molecule has 1 amide bonds. The van der Waals surface area contributed by atoms with E-state index in [4.69, 9.17) is 9.84 Å². The molecule has 1 saturated carbocycles. The molecule has 1 fully saturated rings. The minimum atomic E-state index is -1.92. The van der Waals surface area contributed by atoms with E-state index in [1.54, 1.807) is 34.6 Å². The second-order valence-electron chi connectivity index (χ2n) is 6.03. The molecule has 2 atom stereocenters. The third-order valence-electron chi connectivity index (χ3n) is 3.10. The van der Waals surface area contributed by atoms with Crippen LogP contribution in [-0.4, -0.2) is 34.0 Å². The van der Waals surface area contributed by atoms with E-state index in [-0.39, 0.29) is 6.42 Å². The summed E-state index contributed by atoms with van der Waals surface area (Å²) in [6.45, 7) is 8.12. The fourth-order valence-corrected chi connectivity index (χ4v) is 1.97. The molecule has 5 nitrogen and oxygen atoms in total. The van der Waals surface area contributed by atoms with Crippen molar-refractivity contribution >= 4 is 12.1 Å². The molecule has 18 heavy (non-hydrogen) atoms. The number of aliphatic carboxylic acids is 1. The van der Waals surface area contributed by atoms with Crippen LogP contribution >= 0.6 is 0 Å². The summed E-state index contributed by atoms with van der Waals surface area (Å²) in [6, 6.07) is 0. The summed E-state index contributed by atoms with van der Waals surface area (Å²) < 4.78 is 19.3. The second kappa shape index (κ2) is 4.10. The van der Waals surface area contributed by atoms with Gasteiger partial charge in [0.15, 0.2) is 5.54 Å². The molecule has 1 aliphatic carbocycles. The molecular formula is C12H20FNO4. The number of carboxylic acid groups (broad SMARTS) is 1. The molecule has 0 saturated heterocycles. The zero-order chi connectivity index (χ0) is 14.4. The van der Waals surface area contributed by atoms with Gasteiger partial charge < -0.3 is 15.2 Å². The van der Waals surface area contributed by atoms with Crippen LogP contribution in [0.1, 0.15) is 41.0 Å². The first-order valence-corrected chi connectivity index (χ1v) is 5.88. The molecule has 0 heterocycles. The largest absolute Gasteiger partial charge is 0.479 e. The molecule has 0 bridgehead atoms. The summed E-state index contributed by atoms with van der Waals surface area (Å²) >= 11 is 0. The van der Waals surface area contributed by atoms with Crippen LogP contribution in [0.3, 0.4) is 0 Å². The normalized spacial score (nSPS) is 31.1. The van der Waals surface area contributed by atoms with E-state index in [1.165, 1.54) is 0 Å². The maximum absolute atomic E-state index is 14.3. The Labute approximate surface area is 106 Å². The van der Waals surface area contributed by atoms with E-state index in [1.807, 2.05) is 0 Å². The van der Waals surface area contributed by atoms with E-state index in [0.717, 1.165) is 0 Å². The number of alkyl halides is 1. The lowest BCUT2D eigenvalue weighted by molar-refractivity contribution is -0.142. The van der Waals surface area contributed by atoms with E-state index >= 15 is 0 Å². The highest BCUT2D eigenvalue weighted by atomic mass is 19.1. The Morgan fingerprint density at radius 2 is 1.89 bits per heavy atom. The van der Waals surface area contributed by atoms with Crippen molar-refractivity contribution in [2.75, 3.05) is 0 Å². The van der Waals surface area contributed by atoms with Crippen LogP contribution in [0.4, 0.5) is 9.18 Å². The van der Waals surface area contributed by atoms with E-state index < -0.39 is 34.8 Å². The SMILES string of the molecule is CC(C)[C@]1(F)C[C@]1(NC(=O)OC(C)(C)C)C(=O)O. The minimum absolute atomic E-state index is 0.230. The van der Waals surface area contributed by atoms with Crippen LogP contribution in [0.25, 0.3) is 0 Å². The first-order valence-electron chi connectivity index (χ1n) is 5.88. The number of rotatable bonds is 3. The zero-order valence-corrected chi connectivity index (χ0v) is 11.3. The van der Waals surface area contributed by atoms with Gasteiger partial charge in [-0.25, -0.2) is 14.0 Å². The van der Waals surface area contributed by atoms with Crippen molar-refractivity contribution in [2.24, 2.45) is 5.92 Å². The highest BCUT2D eigenvalue weighted by Gasteiger charge is 2.77. The Balaban J connectivity index is 2.81. The lowest BCUT2D eigenvalue weighted by atomic mass is 10.0. The van der Waals surface area contributed by atoms with Gasteiger partial charge in [0.25, 0.3) is 0 Å². The van der Waals surface area contributed by atoms with Gasteiger partial charge in [0.05, 0.1) is 0 Å². The first-order chi connectivity index (χ1) is 7.94. The first kappa shape index (κ1) is 14.7. The number of nitrogens with one attached hydrogen (secondary N) is 1. The van der Waals surface area contributed by atoms with Crippen molar-refractivity contribution in [3.8, 4) is 0 Å². The van der Waals surface area contributed by atoms with Gasteiger partial charge in [-0.3, -0.25) is 0 Å². The number of ether oxygens (including phenoxy) is 1. The van der Waals surface area contributed by atoms with Crippen LogP contribution in [0.15, 0.2) is 0 Å². The van der Waals surface area contributed by atoms with Crippen LogP contribution in [0.5, 0.6) is 0 Å². The van der Waals surface area contributed by atoms with Gasteiger partial charge in [0, 0.05) is 6.42 Å². The summed E-state index contributed by atoms with van der Waals surface area (Å²) in [5, 5.41) is 11.3. The Morgan fingerprint density at radius 1 is 1.39 bits per heavy atom. The maximum atomic E-state index is 14.3. The Morgan fingerprint density at radius 3 is 2.17 bits per heavy atom. The monoisotopic (exact) mass is 261 g/mol. The van der Waals surface area contributed by atoms with Crippen molar-refractivity contribution in [3.05, 3.63) is 0 Å². The number of carboxylic acids is 1. The molecule has 2 N–H and O–H groups in total. The smallest absolute Gasteiger partial charge is 0.408 e. The lowest BCUT2D eigenvalue weighted by Crippen LogP contribution is -2.51.